The lowest BCUT2D eigenvalue weighted by molar-refractivity contribution is -0.0638. The van der Waals surface area contributed by atoms with Gasteiger partial charge in [-0.05, 0) is 66.2 Å². The van der Waals surface area contributed by atoms with Crippen LogP contribution in [-0.2, 0) is 14.2 Å². The minimum Gasteiger partial charge on any atom is -0.444 e. The van der Waals surface area contributed by atoms with Crippen molar-refractivity contribution in [1.29, 1.82) is 0 Å². The van der Waals surface area contributed by atoms with Crippen molar-refractivity contribution < 1.29 is 19.0 Å². The Morgan fingerprint density at radius 1 is 1.15 bits per heavy atom. The zero-order valence-corrected chi connectivity index (χ0v) is 17.7. The molecule has 3 atom stereocenters. The first-order valence-electron chi connectivity index (χ1n) is 10.4. The molecule has 5 nitrogen and oxygen atoms in total. The topological polar surface area (TPSA) is 48.0 Å². The third-order valence-electron chi connectivity index (χ3n) is 5.42. The highest BCUT2D eigenvalue weighted by Crippen LogP contribution is 2.31. The van der Waals surface area contributed by atoms with Gasteiger partial charge in [-0.1, -0.05) is 26.2 Å². The van der Waals surface area contributed by atoms with Gasteiger partial charge in [-0.25, -0.2) is 4.79 Å². The monoisotopic (exact) mass is 369 g/mol. The van der Waals surface area contributed by atoms with E-state index in [1.807, 2.05) is 34.6 Å². The Morgan fingerprint density at radius 2 is 1.85 bits per heavy atom. The molecule has 1 saturated carbocycles. The number of ether oxygens (including phenoxy) is 3. The fraction of sp³-hybridized carbons (Fsp3) is 0.952. The third-order valence-corrected chi connectivity index (χ3v) is 5.42. The number of carbonyl (C=O) groups excluding carboxylic acids is 1. The molecule has 2 fully saturated rings. The molecular formula is C21H39NO4. The van der Waals surface area contributed by atoms with Crippen LogP contribution in [0.5, 0.6) is 0 Å². The Bertz CT molecular complexity index is 457. The molecule has 1 aliphatic carbocycles. The summed E-state index contributed by atoms with van der Waals surface area (Å²) in [7, 11) is 0. The lowest BCUT2D eigenvalue weighted by Gasteiger charge is -2.35. The maximum absolute atomic E-state index is 12.7. The van der Waals surface area contributed by atoms with Crippen LogP contribution in [0.1, 0.15) is 86.5 Å². The van der Waals surface area contributed by atoms with Crippen LogP contribution in [0.2, 0.25) is 0 Å². The van der Waals surface area contributed by atoms with Crippen molar-refractivity contribution in [2.45, 2.75) is 110 Å². The molecule has 1 heterocycles. The van der Waals surface area contributed by atoms with Crippen molar-refractivity contribution >= 4 is 6.09 Å². The zero-order chi connectivity index (χ0) is 19.4. The number of amides is 1. The maximum atomic E-state index is 12.7. The van der Waals surface area contributed by atoms with Crippen molar-refractivity contribution in [3.05, 3.63) is 0 Å². The van der Waals surface area contributed by atoms with Gasteiger partial charge >= 0.3 is 6.09 Å². The number of nitrogens with zero attached hydrogens (tertiary/aromatic N) is 1. The Kier molecular flexibility index (Phi) is 7.37. The van der Waals surface area contributed by atoms with Crippen molar-refractivity contribution in [3.63, 3.8) is 0 Å². The first-order valence-corrected chi connectivity index (χ1v) is 10.4. The summed E-state index contributed by atoms with van der Waals surface area (Å²) in [4.78, 5) is 14.4. The van der Waals surface area contributed by atoms with Crippen molar-refractivity contribution in [2.24, 2.45) is 5.92 Å². The molecule has 0 bridgehead atoms. The van der Waals surface area contributed by atoms with E-state index in [2.05, 4.69) is 6.92 Å². The van der Waals surface area contributed by atoms with E-state index in [-0.39, 0.29) is 12.1 Å². The standard InChI is InChI=1S/C21H39NO4/c1-16-9-7-8-10-18(12-11-16)24-14-13-17-15-25-21(5,6)22(17)19(23)26-20(2,3)4/h16-18H,7-15H2,1-6H3. The first kappa shape index (κ1) is 21.5. The van der Waals surface area contributed by atoms with E-state index in [4.69, 9.17) is 14.2 Å². The molecule has 0 aromatic heterocycles. The van der Waals surface area contributed by atoms with Gasteiger partial charge in [0.15, 0.2) is 0 Å². The average molecular weight is 370 g/mol. The highest BCUT2D eigenvalue weighted by atomic mass is 16.6. The van der Waals surface area contributed by atoms with Crippen LogP contribution in [0.3, 0.4) is 0 Å². The molecule has 0 spiro atoms. The van der Waals surface area contributed by atoms with Crippen molar-refractivity contribution in [1.82, 2.24) is 4.90 Å². The molecule has 152 valence electrons. The summed E-state index contributed by atoms with van der Waals surface area (Å²) < 4.78 is 17.6. The van der Waals surface area contributed by atoms with Crippen LogP contribution in [0.4, 0.5) is 4.79 Å². The molecule has 0 radical (unpaired) electrons. The van der Waals surface area contributed by atoms with Gasteiger partial charge in [-0.3, -0.25) is 4.90 Å². The van der Waals surface area contributed by atoms with Gasteiger partial charge in [-0.15, -0.1) is 0 Å². The molecule has 0 aromatic rings. The van der Waals surface area contributed by atoms with Gasteiger partial charge in [0.25, 0.3) is 0 Å². The zero-order valence-electron chi connectivity index (χ0n) is 17.7. The molecule has 1 aliphatic heterocycles. The summed E-state index contributed by atoms with van der Waals surface area (Å²) >= 11 is 0. The quantitative estimate of drug-likeness (QED) is 0.690. The lowest BCUT2D eigenvalue weighted by atomic mass is 9.91. The van der Waals surface area contributed by atoms with E-state index >= 15 is 0 Å². The molecule has 0 N–H and O–H groups in total. The van der Waals surface area contributed by atoms with E-state index in [0.29, 0.717) is 19.3 Å². The van der Waals surface area contributed by atoms with Gasteiger partial charge in [0.2, 0.25) is 0 Å². The van der Waals surface area contributed by atoms with Gasteiger partial charge in [0.1, 0.15) is 11.3 Å². The van der Waals surface area contributed by atoms with E-state index in [0.717, 1.165) is 25.2 Å². The van der Waals surface area contributed by atoms with E-state index in [9.17, 15) is 4.79 Å². The van der Waals surface area contributed by atoms with Crippen LogP contribution < -0.4 is 0 Å². The van der Waals surface area contributed by atoms with Gasteiger partial charge in [-0.2, -0.15) is 0 Å². The Morgan fingerprint density at radius 3 is 2.54 bits per heavy atom. The van der Waals surface area contributed by atoms with E-state index < -0.39 is 11.3 Å². The second-order valence-electron chi connectivity index (χ2n) is 9.51. The Labute approximate surface area is 159 Å². The molecule has 5 heteroatoms. The SMILES string of the molecule is CC1CCCCC(OCCC2COC(C)(C)N2C(=O)OC(C)(C)C)CC1. The summed E-state index contributed by atoms with van der Waals surface area (Å²) in [5.74, 6) is 0.813. The predicted octanol–water partition coefficient (Wildman–Crippen LogP) is 5.12. The van der Waals surface area contributed by atoms with Crippen LogP contribution in [-0.4, -0.2) is 47.7 Å². The fourth-order valence-electron chi connectivity index (χ4n) is 3.94. The minimum atomic E-state index is -0.636. The Balaban J connectivity index is 1.85. The fourth-order valence-corrected chi connectivity index (χ4v) is 3.94. The molecular weight excluding hydrogens is 330 g/mol. The maximum Gasteiger partial charge on any atom is 0.412 e. The first-order chi connectivity index (χ1) is 12.1. The molecule has 3 unspecified atom stereocenters. The lowest BCUT2D eigenvalue weighted by Crippen LogP contribution is -2.50. The highest BCUT2D eigenvalue weighted by Gasteiger charge is 2.45. The molecule has 26 heavy (non-hydrogen) atoms. The summed E-state index contributed by atoms with van der Waals surface area (Å²) in [6.45, 7) is 13.1. The summed E-state index contributed by atoms with van der Waals surface area (Å²) in [6, 6.07) is 0.00679. The van der Waals surface area contributed by atoms with Crippen molar-refractivity contribution in [3.8, 4) is 0 Å². The number of hydrogen-bond acceptors (Lipinski definition) is 4. The van der Waals surface area contributed by atoms with E-state index in [1.165, 1.54) is 25.7 Å². The summed E-state index contributed by atoms with van der Waals surface area (Å²) in [6.07, 6.45) is 8.36. The normalized spacial score (nSPS) is 29.9. The molecule has 1 saturated heterocycles. The second kappa shape index (κ2) is 8.92. The molecule has 0 aromatic carbocycles. The predicted molar refractivity (Wildman–Crippen MR) is 103 cm³/mol. The van der Waals surface area contributed by atoms with Gasteiger partial charge in [0, 0.05) is 6.61 Å². The summed E-state index contributed by atoms with van der Waals surface area (Å²) in [5.41, 5.74) is -1.14. The smallest absolute Gasteiger partial charge is 0.412 e. The third kappa shape index (κ3) is 6.41. The minimum absolute atomic E-state index is 0.00679. The molecule has 1 amide bonds. The molecule has 2 rings (SSSR count). The average Bonchev–Trinajstić information content (AvgIpc) is 2.79. The largest absolute Gasteiger partial charge is 0.444 e. The Hall–Kier alpha value is -0.810. The van der Waals surface area contributed by atoms with Crippen molar-refractivity contribution in [2.75, 3.05) is 13.2 Å². The van der Waals surface area contributed by atoms with E-state index in [1.54, 1.807) is 4.90 Å². The molecule has 2 aliphatic rings. The van der Waals surface area contributed by atoms with Gasteiger partial charge < -0.3 is 14.2 Å². The number of carbonyl (C=O) groups is 1. The number of rotatable bonds is 4. The van der Waals surface area contributed by atoms with Crippen LogP contribution in [0.25, 0.3) is 0 Å². The van der Waals surface area contributed by atoms with Crippen LogP contribution >= 0.6 is 0 Å². The summed E-state index contributed by atoms with van der Waals surface area (Å²) in [5, 5.41) is 0. The highest BCUT2D eigenvalue weighted by molar-refractivity contribution is 5.69. The van der Waals surface area contributed by atoms with Gasteiger partial charge in [0.05, 0.1) is 18.8 Å². The number of hydrogen-bond donors (Lipinski definition) is 0. The van der Waals surface area contributed by atoms with Crippen LogP contribution in [0, 0.1) is 5.92 Å². The van der Waals surface area contributed by atoms with Crippen LogP contribution in [0.15, 0.2) is 0 Å². The second-order valence-corrected chi connectivity index (χ2v) is 9.51.